The summed E-state index contributed by atoms with van der Waals surface area (Å²) < 4.78 is 21.1. The number of benzene rings is 3. The van der Waals surface area contributed by atoms with Gasteiger partial charge in [-0.2, -0.15) is 0 Å². The van der Waals surface area contributed by atoms with Crippen molar-refractivity contribution in [3.8, 4) is 5.75 Å². The Hall–Kier alpha value is -5.77. The van der Waals surface area contributed by atoms with E-state index >= 15 is 0 Å². The van der Waals surface area contributed by atoms with Gasteiger partial charge in [0.15, 0.2) is 0 Å². The lowest BCUT2D eigenvalue weighted by Crippen LogP contribution is -2.58. The number of likely N-dealkylation sites (tertiary alicyclic amines) is 1. The Morgan fingerprint density at radius 3 is 2.13 bits per heavy atom. The number of hydrogen-bond donors (Lipinski definition) is 7. The second-order valence-corrected chi connectivity index (χ2v) is 13.6. The summed E-state index contributed by atoms with van der Waals surface area (Å²) in [6.07, 6.45) is -0.575. The van der Waals surface area contributed by atoms with E-state index in [9.17, 15) is 33.3 Å². The zero-order valence-corrected chi connectivity index (χ0v) is 30.1. The van der Waals surface area contributed by atoms with Crippen LogP contribution in [0.15, 0.2) is 84.9 Å². The fourth-order valence-corrected chi connectivity index (χ4v) is 5.95. The molecule has 8 N–H and O–H groups in total. The number of nitrogens with one attached hydrogen (secondary N) is 4. The number of primary amides is 1. The first-order valence-corrected chi connectivity index (χ1v) is 18.6. The first-order valence-electron chi connectivity index (χ1n) is 17.1. The number of nitrogens with zero attached hydrogens (tertiary/aromatic N) is 1. The van der Waals surface area contributed by atoms with Crippen molar-refractivity contribution in [2.75, 3.05) is 13.1 Å². The van der Waals surface area contributed by atoms with E-state index in [0.717, 1.165) is 5.56 Å². The van der Waals surface area contributed by atoms with Gasteiger partial charge in [-0.05, 0) is 48.1 Å². The van der Waals surface area contributed by atoms with E-state index in [-0.39, 0.29) is 51.1 Å². The largest absolute Gasteiger partial charge is 0.524 e. The number of phosphoric acid groups is 1. The average molecular weight is 767 g/mol. The molecule has 0 aliphatic carbocycles. The minimum absolute atomic E-state index is 0.0596. The van der Waals surface area contributed by atoms with E-state index in [1.165, 1.54) is 29.2 Å². The zero-order valence-electron chi connectivity index (χ0n) is 29.2. The van der Waals surface area contributed by atoms with Crippen LogP contribution in [0.2, 0.25) is 0 Å². The molecule has 4 rings (SSSR count). The lowest BCUT2D eigenvalue weighted by molar-refractivity contribution is -0.142. The molecule has 1 aliphatic heterocycles. The number of alkyl carbamates (subject to hydrolysis) is 1. The topological polar surface area (TPSA) is 256 Å². The van der Waals surface area contributed by atoms with E-state index in [4.69, 9.17) is 20.3 Å². The normalized spacial score (nSPS) is 15.3. The third-order valence-electron chi connectivity index (χ3n) is 8.23. The first kappa shape index (κ1) is 41.0. The van der Waals surface area contributed by atoms with E-state index in [0.29, 0.717) is 17.5 Å². The highest BCUT2D eigenvalue weighted by atomic mass is 31.2. The van der Waals surface area contributed by atoms with Crippen molar-refractivity contribution in [1.29, 1.82) is 0 Å². The maximum Gasteiger partial charge on any atom is 0.524 e. The summed E-state index contributed by atoms with van der Waals surface area (Å²) in [5.74, 6) is -3.25. The standard InChI is InChI=1S/C36H43N6O11P/c37-31(43)18-17-28(33(45)38-21-25-8-3-1-4-9-25)39-32(44)22-42-19-7-12-29(35(42)47)40-34(46)30(41-36(48)52-23-26-10-5-2-6-11-26)20-24-13-15-27(16-14-24)53-54(49,50)51/h1-6,8-11,13-16,28-30H,7,12,17-23H2,(H2,37,43)(H,38,45)(H,39,44)(H,40,46)(H,41,48)(H2,49,50,51)/t28-,29-,30-/m0/s1. The molecule has 1 fully saturated rings. The lowest BCUT2D eigenvalue weighted by atomic mass is 10.0. The van der Waals surface area contributed by atoms with Gasteiger partial charge in [0.1, 0.15) is 30.5 Å². The average Bonchev–Trinajstić information content (AvgIpc) is 3.13. The number of carbonyl (C=O) groups is 6. The van der Waals surface area contributed by atoms with Gasteiger partial charge in [-0.15, -0.1) is 0 Å². The van der Waals surface area contributed by atoms with E-state index in [1.807, 2.05) is 30.3 Å². The second kappa shape index (κ2) is 19.9. The predicted octanol–water partition coefficient (Wildman–Crippen LogP) is 1.17. The monoisotopic (exact) mass is 766 g/mol. The maximum atomic E-state index is 13.6. The number of hydrogen-bond acceptors (Lipinski definition) is 9. The zero-order chi connectivity index (χ0) is 39.1. The smallest absolute Gasteiger partial charge is 0.445 e. The Balaban J connectivity index is 1.39. The van der Waals surface area contributed by atoms with Crippen LogP contribution in [0.5, 0.6) is 5.75 Å². The van der Waals surface area contributed by atoms with Gasteiger partial charge < -0.3 is 41.2 Å². The van der Waals surface area contributed by atoms with Gasteiger partial charge >= 0.3 is 13.9 Å². The molecule has 0 saturated carbocycles. The van der Waals surface area contributed by atoms with Crippen molar-refractivity contribution in [2.24, 2.45) is 5.73 Å². The molecule has 1 saturated heterocycles. The Bertz CT molecular complexity index is 1810. The molecule has 18 heteroatoms. The van der Waals surface area contributed by atoms with Crippen molar-refractivity contribution in [3.05, 3.63) is 102 Å². The molecular weight excluding hydrogens is 723 g/mol. The minimum Gasteiger partial charge on any atom is -0.445 e. The third-order valence-corrected chi connectivity index (χ3v) is 8.68. The summed E-state index contributed by atoms with van der Waals surface area (Å²) in [6, 6.07) is 20.0. The van der Waals surface area contributed by atoms with Crippen LogP contribution in [0.25, 0.3) is 0 Å². The molecule has 3 aromatic rings. The molecular formula is C36H43N6O11P. The number of nitrogens with two attached hydrogens (primary N) is 1. The van der Waals surface area contributed by atoms with Gasteiger partial charge in [0, 0.05) is 25.9 Å². The fraction of sp³-hybridized carbons (Fsp3) is 0.333. The van der Waals surface area contributed by atoms with Gasteiger partial charge in [0.2, 0.25) is 29.5 Å². The van der Waals surface area contributed by atoms with Gasteiger partial charge in [-0.3, -0.25) is 33.8 Å². The number of ether oxygens (including phenoxy) is 1. The molecule has 3 aromatic carbocycles. The molecule has 0 bridgehead atoms. The van der Waals surface area contributed by atoms with Crippen LogP contribution in [-0.4, -0.2) is 81.5 Å². The van der Waals surface area contributed by atoms with Crippen molar-refractivity contribution in [1.82, 2.24) is 26.2 Å². The number of rotatable bonds is 18. The van der Waals surface area contributed by atoms with Gasteiger partial charge in [-0.25, -0.2) is 9.36 Å². The van der Waals surface area contributed by atoms with Gasteiger partial charge in [0.25, 0.3) is 0 Å². The quantitative estimate of drug-likeness (QED) is 0.0905. The second-order valence-electron chi connectivity index (χ2n) is 12.5. The number of amides is 6. The Morgan fingerprint density at radius 2 is 1.50 bits per heavy atom. The Morgan fingerprint density at radius 1 is 0.852 bits per heavy atom. The molecule has 3 atom stereocenters. The summed E-state index contributed by atoms with van der Waals surface area (Å²) in [7, 11) is -4.80. The van der Waals surface area contributed by atoms with E-state index < -0.39 is 68.1 Å². The van der Waals surface area contributed by atoms with Crippen molar-refractivity contribution in [2.45, 2.75) is 63.4 Å². The summed E-state index contributed by atoms with van der Waals surface area (Å²) in [4.78, 5) is 96.9. The van der Waals surface area contributed by atoms with Crippen LogP contribution in [0, 0.1) is 0 Å². The minimum atomic E-state index is -4.80. The number of carbonyl (C=O) groups excluding carboxylic acids is 6. The van der Waals surface area contributed by atoms with Crippen molar-refractivity contribution >= 4 is 43.5 Å². The predicted molar refractivity (Wildman–Crippen MR) is 193 cm³/mol. The Kier molecular flexibility index (Phi) is 15.1. The van der Waals surface area contributed by atoms with Crippen LogP contribution >= 0.6 is 7.82 Å². The number of phosphoric ester groups is 1. The summed E-state index contributed by atoms with van der Waals surface area (Å²) in [5.41, 5.74) is 7.29. The Labute approximate surface area is 311 Å². The van der Waals surface area contributed by atoms with Crippen LogP contribution in [0.1, 0.15) is 42.4 Å². The lowest BCUT2D eigenvalue weighted by Gasteiger charge is -2.33. The molecule has 6 amide bonds. The highest BCUT2D eigenvalue weighted by molar-refractivity contribution is 7.46. The van der Waals surface area contributed by atoms with Crippen LogP contribution < -0.4 is 31.5 Å². The molecule has 0 radical (unpaired) electrons. The van der Waals surface area contributed by atoms with E-state index in [2.05, 4.69) is 25.8 Å². The molecule has 54 heavy (non-hydrogen) atoms. The van der Waals surface area contributed by atoms with Gasteiger partial charge in [0.05, 0.1) is 6.54 Å². The number of piperidine rings is 1. The van der Waals surface area contributed by atoms with Crippen LogP contribution in [-0.2, 0) is 52.8 Å². The molecule has 1 heterocycles. The molecule has 288 valence electrons. The first-order chi connectivity index (χ1) is 25.8. The molecule has 1 aliphatic rings. The van der Waals surface area contributed by atoms with Crippen molar-refractivity contribution < 1.29 is 52.4 Å². The summed E-state index contributed by atoms with van der Waals surface area (Å²) in [5, 5.41) is 10.5. The fourth-order valence-electron chi connectivity index (χ4n) is 5.56. The van der Waals surface area contributed by atoms with Gasteiger partial charge in [-0.1, -0.05) is 72.8 Å². The molecule has 0 spiro atoms. The maximum absolute atomic E-state index is 13.6. The molecule has 0 unspecified atom stereocenters. The van der Waals surface area contributed by atoms with Crippen LogP contribution in [0.3, 0.4) is 0 Å². The highest BCUT2D eigenvalue weighted by Crippen LogP contribution is 2.37. The summed E-state index contributed by atoms with van der Waals surface area (Å²) >= 11 is 0. The molecule has 0 aromatic heterocycles. The summed E-state index contributed by atoms with van der Waals surface area (Å²) in [6.45, 7) is -0.126. The van der Waals surface area contributed by atoms with Crippen molar-refractivity contribution in [3.63, 3.8) is 0 Å². The SMILES string of the molecule is NC(=O)CC[C@H](NC(=O)CN1CCC[C@H](NC(=O)[C@H](Cc2ccc(OP(=O)(O)O)cc2)NC(=O)OCc2ccccc2)C1=O)C(=O)NCc1ccccc1. The van der Waals surface area contributed by atoms with Crippen LogP contribution in [0.4, 0.5) is 4.79 Å². The molecule has 17 nitrogen and oxygen atoms in total. The third kappa shape index (κ3) is 14.0. The highest BCUT2D eigenvalue weighted by Gasteiger charge is 2.34. The van der Waals surface area contributed by atoms with E-state index in [1.54, 1.807) is 30.3 Å².